The molecule has 1 spiro atoms. The van der Waals surface area contributed by atoms with E-state index in [-0.39, 0.29) is 29.7 Å². The van der Waals surface area contributed by atoms with Gasteiger partial charge in [0.05, 0.1) is 12.5 Å². The minimum atomic E-state index is -0.440. The van der Waals surface area contributed by atoms with Gasteiger partial charge in [-0.15, -0.1) is 0 Å². The second-order valence-corrected chi connectivity index (χ2v) is 10.9. The zero-order valence-corrected chi connectivity index (χ0v) is 18.8. The highest BCUT2D eigenvalue weighted by molar-refractivity contribution is 5.80. The molecule has 0 aromatic carbocycles. The molecule has 1 aliphatic heterocycles. The molecule has 1 heterocycles. The lowest BCUT2D eigenvalue weighted by molar-refractivity contribution is -0.164. The van der Waals surface area contributed by atoms with Gasteiger partial charge in [-0.1, -0.05) is 18.6 Å². The van der Waals surface area contributed by atoms with E-state index in [2.05, 4.69) is 6.58 Å². The van der Waals surface area contributed by atoms with Crippen LogP contribution in [0.15, 0.2) is 12.2 Å². The van der Waals surface area contributed by atoms with E-state index in [1.807, 2.05) is 20.8 Å². The molecule has 0 aromatic heterocycles. The van der Waals surface area contributed by atoms with E-state index in [1.165, 1.54) is 37.7 Å². The molecule has 0 radical (unpaired) electrons. The van der Waals surface area contributed by atoms with Gasteiger partial charge < -0.3 is 9.47 Å². The van der Waals surface area contributed by atoms with Crippen LogP contribution in [0.25, 0.3) is 0 Å². The van der Waals surface area contributed by atoms with Crippen molar-refractivity contribution < 1.29 is 19.1 Å². The molecule has 4 heteroatoms. The Morgan fingerprint density at radius 1 is 1.14 bits per heavy atom. The molecule has 29 heavy (non-hydrogen) atoms. The van der Waals surface area contributed by atoms with Gasteiger partial charge in [0.25, 0.3) is 0 Å². The van der Waals surface area contributed by atoms with E-state index in [1.54, 1.807) is 0 Å². The van der Waals surface area contributed by atoms with E-state index in [0.717, 1.165) is 38.0 Å². The van der Waals surface area contributed by atoms with Gasteiger partial charge >= 0.3 is 5.97 Å². The van der Waals surface area contributed by atoms with Crippen molar-refractivity contribution in [3.63, 3.8) is 0 Å². The SMILES string of the molecule is C=C1CCC(CCC2CC(C(=O)OC(C)(C)C)CCC23CCC(=O)COC3)CC1. The number of allylic oxidation sites excluding steroid dienone is 1. The predicted molar refractivity (Wildman–Crippen MR) is 115 cm³/mol. The van der Waals surface area contributed by atoms with Crippen molar-refractivity contribution in [3.8, 4) is 0 Å². The molecule has 0 aromatic rings. The first-order chi connectivity index (χ1) is 13.7. The third kappa shape index (κ3) is 6.16. The molecular formula is C25H40O4. The van der Waals surface area contributed by atoms with Gasteiger partial charge in [-0.05, 0) is 95.8 Å². The third-order valence-electron chi connectivity index (χ3n) is 7.46. The smallest absolute Gasteiger partial charge is 0.309 e. The zero-order chi connectivity index (χ0) is 21.1. The van der Waals surface area contributed by atoms with Gasteiger partial charge in [0, 0.05) is 6.42 Å². The highest BCUT2D eigenvalue weighted by Gasteiger charge is 2.46. The second kappa shape index (κ2) is 9.32. The summed E-state index contributed by atoms with van der Waals surface area (Å²) >= 11 is 0. The van der Waals surface area contributed by atoms with Crippen LogP contribution in [0.1, 0.15) is 91.4 Å². The van der Waals surface area contributed by atoms with Gasteiger partial charge in [-0.3, -0.25) is 9.59 Å². The normalized spacial score (nSPS) is 32.2. The first kappa shape index (κ1) is 22.5. The summed E-state index contributed by atoms with van der Waals surface area (Å²) in [5.74, 6) is 1.37. The summed E-state index contributed by atoms with van der Waals surface area (Å²) in [7, 11) is 0. The maximum absolute atomic E-state index is 12.8. The van der Waals surface area contributed by atoms with E-state index >= 15 is 0 Å². The van der Waals surface area contributed by atoms with Crippen LogP contribution < -0.4 is 0 Å². The van der Waals surface area contributed by atoms with Crippen molar-refractivity contribution >= 4 is 11.8 Å². The van der Waals surface area contributed by atoms with Crippen molar-refractivity contribution in [1.29, 1.82) is 0 Å². The van der Waals surface area contributed by atoms with Gasteiger partial charge in [0.15, 0.2) is 5.78 Å². The summed E-state index contributed by atoms with van der Waals surface area (Å²) in [6.07, 6.45) is 11.4. The lowest BCUT2D eigenvalue weighted by Gasteiger charge is -2.46. The summed E-state index contributed by atoms with van der Waals surface area (Å²) in [4.78, 5) is 24.7. The van der Waals surface area contributed by atoms with Crippen LogP contribution in [-0.2, 0) is 19.1 Å². The quantitative estimate of drug-likeness (QED) is 0.450. The largest absolute Gasteiger partial charge is 0.460 e. The van der Waals surface area contributed by atoms with E-state index < -0.39 is 5.60 Å². The molecule has 0 N–H and O–H groups in total. The lowest BCUT2D eigenvalue weighted by Crippen LogP contribution is -2.43. The monoisotopic (exact) mass is 404 g/mol. The van der Waals surface area contributed by atoms with Crippen molar-refractivity contribution in [1.82, 2.24) is 0 Å². The minimum Gasteiger partial charge on any atom is -0.460 e. The number of carbonyl (C=O) groups excluding carboxylic acids is 2. The Hall–Kier alpha value is -1.16. The van der Waals surface area contributed by atoms with Gasteiger partial charge in [0.2, 0.25) is 0 Å². The van der Waals surface area contributed by atoms with Gasteiger partial charge in [-0.2, -0.15) is 0 Å². The molecule has 3 fully saturated rings. The predicted octanol–water partition coefficient (Wildman–Crippen LogP) is 5.64. The van der Waals surface area contributed by atoms with Crippen LogP contribution >= 0.6 is 0 Å². The molecule has 3 atom stereocenters. The zero-order valence-electron chi connectivity index (χ0n) is 18.8. The van der Waals surface area contributed by atoms with E-state index in [4.69, 9.17) is 9.47 Å². The molecule has 2 aliphatic carbocycles. The van der Waals surface area contributed by atoms with Crippen LogP contribution in [0.5, 0.6) is 0 Å². The molecule has 3 aliphatic rings. The van der Waals surface area contributed by atoms with Crippen LogP contribution in [0.3, 0.4) is 0 Å². The van der Waals surface area contributed by atoms with Crippen molar-refractivity contribution in [2.75, 3.05) is 13.2 Å². The maximum atomic E-state index is 12.8. The Labute approximate surface area is 176 Å². The molecule has 164 valence electrons. The summed E-state index contributed by atoms with van der Waals surface area (Å²) in [5, 5.41) is 0. The molecule has 4 nitrogen and oxygen atoms in total. The fourth-order valence-corrected chi connectivity index (χ4v) is 5.63. The van der Waals surface area contributed by atoms with E-state index in [9.17, 15) is 9.59 Å². The van der Waals surface area contributed by atoms with Crippen LogP contribution in [0.4, 0.5) is 0 Å². The number of esters is 1. The fraction of sp³-hybridized carbons (Fsp3) is 0.840. The van der Waals surface area contributed by atoms with Crippen LogP contribution in [0, 0.1) is 23.2 Å². The minimum absolute atomic E-state index is 0.0186. The number of hydrogen-bond donors (Lipinski definition) is 0. The summed E-state index contributed by atoms with van der Waals surface area (Å²) in [6.45, 7) is 10.9. The van der Waals surface area contributed by atoms with Gasteiger partial charge in [0.1, 0.15) is 12.2 Å². The molecule has 3 unspecified atom stereocenters. The first-order valence-electron chi connectivity index (χ1n) is 11.7. The third-order valence-corrected chi connectivity index (χ3v) is 7.46. The van der Waals surface area contributed by atoms with Crippen LogP contribution in [-0.4, -0.2) is 30.6 Å². The molecule has 2 saturated carbocycles. The lowest BCUT2D eigenvalue weighted by atomic mass is 9.60. The Balaban J connectivity index is 1.68. The number of ether oxygens (including phenoxy) is 2. The Bertz CT molecular complexity index is 607. The molecule has 0 bridgehead atoms. The van der Waals surface area contributed by atoms with Crippen molar-refractivity contribution in [2.24, 2.45) is 23.2 Å². The average molecular weight is 405 g/mol. The van der Waals surface area contributed by atoms with Crippen molar-refractivity contribution in [2.45, 2.75) is 97.0 Å². The molecule has 1 saturated heterocycles. The van der Waals surface area contributed by atoms with E-state index in [0.29, 0.717) is 18.9 Å². The number of rotatable bonds is 4. The van der Waals surface area contributed by atoms with Crippen LogP contribution in [0.2, 0.25) is 0 Å². The summed E-state index contributed by atoms with van der Waals surface area (Å²) in [5.41, 5.74) is 1.02. The molecule has 3 rings (SSSR count). The topological polar surface area (TPSA) is 52.6 Å². The standard InChI is InChI=1S/C25H40O4/c1-18-5-7-19(8-6-18)9-10-21-15-20(23(27)29-24(2,3)4)11-13-25(21)14-12-22(26)16-28-17-25/h19-21H,1,5-17H2,2-4H3. The number of Topliss-reactive ketones (excluding diaryl/α,β-unsaturated/α-hetero) is 1. The second-order valence-electron chi connectivity index (χ2n) is 10.9. The summed E-state index contributed by atoms with van der Waals surface area (Å²) in [6, 6.07) is 0. The highest BCUT2D eigenvalue weighted by Crippen LogP contribution is 2.51. The summed E-state index contributed by atoms with van der Waals surface area (Å²) < 4.78 is 11.6. The molecular weight excluding hydrogens is 364 g/mol. The Morgan fingerprint density at radius 3 is 2.55 bits per heavy atom. The number of carbonyl (C=O) groups is 2. The van der Waals surface area contributed by atoms with Gasteiger partial charge in [-0.25, -0.2) is 0 Å². The maximum Gasteiger partial charge on any atom is 0.309 e. The molecule has 0 amide bonds. The first-order valence-corrected chi connectivity index (χ1v) is 11.7. The van der Waals surface area contributed by atoms with Crippen molar-refractivity contribution in [3.05, 3.63) is 12.2 Å². The number of hydrogen-bond acceptors (Lipinski definition) is 4. The Kier molecular flexibility index (Phi) is 7.24. The highest BCUT2D eigenvalue weighted by atomic mass is 16.6. The number of ketones is 1. The Morgan fingerprint density at radius 2 is 1.86 bits per heavy atom. The average Bonchev–Trinajstić information content (AvgIpc) is 2.83. The fourth-order valence-electron chi connectivity index (χ4n) is 5.63.